The van der Waals surface area contributed by atoms with Crippen molar-refractivity contribution in [1.82, 2.24) is 20.4 Å². The molecule has 28 heavy (non-hydrogen) atoms. The van der Waals surface area contributed by atoms with Crippen LogP contribution in [0.25, 0.3) is 0 Å². The summed E-state index contributed by atoms with van der Waals surface area (Å²) >= 11 is 0. The Balaban J connectivity index is 1.41. The van der Waals surface area contributed by atoms with Gasteiger partial charge in [-0.1, -0.05) is 19.3 Å². The highest BCUT2D eigenvalue weighted by atomic mass is 16.2. The van der Waals surface area contributed by atoms with Crippen LogP contribution in [0.1, 0.15) is 64.2 Å². The van der Waals surface area contributed by atoms with Gasteiger partial charge in [0, 0.05) is 55.1 Å². The molecule has 3 N–H and O–H groups in total. The molecule has 0 atom stereocenters. The second-order valence-corrected chi connectivity index (χ2v) is 7.70. The Morgan fingerprint density at radius 2 is 1.89 bits per heavy atom. The van der Waals surface area contributed by atoms with E-state index in [1.165, 1.54) is 19.3 Å². The van der Waals surface area contributed by atoms with Crippen LogP contribution in [-0.2, 0) is 13.0 Å². The molecule has 1 aliphatic heterocycles. The predicted molar refractivity (Wildman–Crippen MR) is 107 cm³/mol. The van der Waals surface area contributed by atoms with Gasteiger partial charge >= 0.3 is 0 Å². The van der Waals surface area contributed by atoms with Crippen LogP contribution in [0, 0.1) is 0 Å². The largest absolute Gasteiger partial charge is 0.339 e. The molecule has 0 unspecified atom stereocenters. The van der Waals surface area contributed by atoms with E-state index in [0.29, 0.717) is 29.5 Å². The lowest BCUT2D eigenvalue weighted by Gasteiger charge is -2.31. The summed E-state index contributed by atoms with van der Waals surface area (Å²) in [5.74, 6) is -0.197. The number of anilines is 1. The van der Waals surface area contributed by atoms with Gasteiger partial charge in [-0.25, -0.2) is 0 Å². The topological polar surface area (TPSA) is 90.1 Å². The van der Waals surface area contributed by atoms with Gasteiger partial charge in [-0.05, 0) is 37.1 Å². The fourth-order valence-electron chi connectivity index (χ4n) is 4.14. The first-order valence-electron chi connectivity index (χ1n) is 10.1. The van der Waals surface area contributed by atoms with Gasteiger partial charge in [0.25, 0.3) is 11.8 Å². The van der Waals surface area contributed by atoms with Crippen LogP contribution in [0.5, 0.6) is 0 Å². The number of carbonyl (C=O) groups excluding carboxylic acids is 2. The average Bonchev–Trinajstić information content (AvgIpc) is 3.18. The quantitative estimate of drug-likeness (QED) is 0.760. The van der Waals surface area contributed by atoms with E-state index in [9.17, 15) is 9.59 Å². The smallest absolute Gasteiger partial charge is 0.276 e. The first-order chi connectivity index (χ1) is 13.6. The molecule has 1 aromatic carbocycles. The van der Waals surface area contributed by atoms with E-state index in [0.717, 1.165) is 37.1 Å². The number of benzene rings is 1. The molecule has 148 valence electrons. The van der Waals surface area contributed by atoms with Crippen LogP contribution in [0.15, 0.2) is 24.3 Å². The highest BCUT2D eigenvalue weighted by Gasteiger charge is 2.24. The van der Waals surface area contributed by atoms with Crippen molar-refractivity contribution >= 4 is 17.5 Å². The molecule has 2 amide bonds. The van der Waals surface area contributed by atoms with Gasteiger partial charge in [-0.15, -0.1) is 0 Å². The second-order valence-electron chi connectivity index (χ2n) is 7.70. The van der Waals surface area contributed by atoms with Crippen molar-refractivity contribution in [3.8, 4) is 0 Å². The van der Waals surface area contributed by atoms with Gasteiger partial charge < -0.3 is 15.5 Å². The van der Waals surface area contributed by atoms with Crippen molar-refractivity contribution in [2.45, 2.75) is 51.1 Å². The van der Waals surface area contributed by atoms with Gasteiger partial charge in [0.2, 0.25) is 0 Å². The molecule has 7 nitrogen and oxygen atoms in total. The first kappa shape index (κ1) is 18.7. The number of nitrogens with zero attached hydrogens (tertiary/aromatic N) is 2. The zero-order chi connectivity index (χ0) is 19.5. The van der Waals surface area contributed by atoms with Crippen molar-refractivity contribution in [1.29, 1.82) is 0 Å². The summed E-state index contributed by atoms with van der Waals surface area (Å²) in [5, 5.41) is 13.3. The van der Waals surface area contributed by atoms with Crippen molar-refractivity contribution in [3.05, 3.63) is 46.8 Å². The molecule has 2 aliphatic rings. The molecule has 4 rings (SSSR count). The first-order valence-corrected chi connectivity index (χ1v) is 10.1. The molecule has 7 heteroatoms. The molecule has 1 fully saturated rings. The third-order valence-corrected chi connectivity index (χ3v) is 5.85. The van der Waals surface area contributed by atoms with Gasteiger partial charge in [0.05, 0.1) is 0 Å². The lowest BCUT2D eigenvalue weighted by molar-refractivity contribution is 0.0696. The van der Waals surface area contributed by atoms with Gasteiger partial charge in [0.1, 0.15) is 0 Å². The average molecular weight is 381 g/mol. The van der Waals surface area contributed by atoms with E-state index in [1.807, 2.05) is 11.9 Å². The number of aromatic nitrogens is 2. The zero-order valence-electron chi connectivity index (χ0n) is 16.3. The van der Waals surface area contributed by atoms with Gasteiger partial charge in [0.15, 0.2) is 5.69 Å². The predicted octanol–water partition coefficient (Wildman–Crippen LogP) is 2.71. The lowest BCUT2D eigenvalue weighted by atomic mass is 9.94. The number of hydrogen-bond acceptors (Lipinski definition) is 4. The van der Waals surface area contributed by atoms with Crippen LogP contribution < -0.4 is 10.6 Å². The normalized spacial score (nSPS) is 17.0. The second kappa shape index (κ2) is 8.14. The fourth-order valence-corrected chi connectivity index (χ4v) is 4.14. The summed E-state index contributed by atoms with van der Waals surface area (Å²) in [5.41, 5.74) is 3.69. The SMILES string of the molecule is CN(C(=O)c1ccc(NC(=O)c2n[nH]c3c2CNCC3)cc1)C1CCCCC1. The molecule has 1 saturated carbocycles. The molecule has 0 saturated heterocycles. The Hall–Kier alpha value is -2.67. The molecule has 0 spiro atoms. The monoisotopic (exact) mass is 381 g/mol. The number of carbonyl (C=O) groups is 2. The Morgan fingerprint density at radius 3 is 2.64 bits per heavy atom. The molecular formula is C21H27N5O2. The molecule has 0 radical (unpaired) electrons. The zero-order valence-corrected chi connectivity index (χ0v) is 16.3. The van der Waals surface area contributed by atoms with Crippen LogP contribution in [0.4, 0.5) is 5.69 Å². The standard InChI is InChI=1S/C21H27N5O2/c1-26(16-5-3-2-4-6-16)21(28)14-7-9-15(10-8-14)23-20(27)19-17-13-22-12-11-18(17)24-25-19/h7-10,16,22H,2-6,11-13H2,1H3,(H,23,27)(H,24,25). The van der Waals surface area contributed by atoms with Crippen LogP contribution in [-0.4, -0.2) is 46.5 Å². The van der Waals surface area contributed by atoms with E-state index < -0.39 is 0 Å². The van der Waals surface area contributed by atoms with Crippen LogP contribution >= 0.6 is 0 Å². The molecular weight excluding hydrogens is 354 g/mol. The lowest BCUT2D eigenvalue weighted by Crippen LogP contribution is -2.38. The van der Waals surface area contributed by atoms with Crippen molar-refractivity contribution < 1.29 is 9.59 Å². The van der Waals surface area contributed by atoms with Crippen LogP contribution in [0.2, 0.25) is 0 Å². The van der Waals surface area contributed by atoms with E-state index in [2.05, 4.69) is 20.8 Å². The minimum absolute atomic E-state index is 0.0391. The summed E-state index contributed by atoms with van der Waals surface area (Å²) in [4.78, 5) is 27.2. The minimum Gasteiger partial charge on any atom is -0.339 e. The molecule has 2 aromatic rings. The van der Waals surface area contributed by atoms with Gasteiger partial charge in [-0.2, -0.15) is 5.10 Å². The number of fused-ring (bicyclic) bond motifs is 1. The summed E-state index contributed by atoms with van der Waals surface area (Å²) in [7, 11) is 1.89. The third-order valence-electron chi connectivity index (χ3n) is 5.85. The fraction of sp³-hybridized carbons (Fsp3) is 0.476. The molecule has 0 bridgehead atoms. The number of amides is 2. The highest BCUT2D eigenvalue weighted by Crippen LogP contribution is 2.23. The van der Waals surface area contributed by atoms with Crippen molar-refractivity contribution in [2.75, 3.05) is 18.9 Å². The maximum atomic E-state index is 12.7. The maximum absolute atomic E-state index is 12.7. The highest BCUT2D eigenvalue weighted by molar-refractivity contribution is 6.04. The number of nitrogens with one attached hydrogen (secondary N) is 3. The molecule has 2 heterocycles. The number of H-pyrrole nitrogens is 1. The minimum atomic E-state index is -0.236. The van der Waals surface area contributed by atoms with Crippen LogP contribution in [0.3, 0.4) is 0 Å². The summed E-state index contributed by atoms with van der Waals surface area (Å²) in [6, 6.07) is 7.44. The van der Waals surface area contributed by atoms with E-state index in [1.54, 1.807) is 24.3 Å². The van der Waals surface area contributed by atoms with E-state index in [4.69, 9.17) is 0 Å². The van der Waals surface area contributed by atoms with Crippen molar-refractivity contribution in [2.24, 2.45) is 0 Å². The molecule has 1 aromatic heterocycles. The number of hydrogen-bond donors (Lipinski definition) is 3. The van der Waals surface area contributed by atoms with E-state index in [-0.39, 0.29) is 11.8 Å². The van der Waals surface area contributed by atoms with Gasteiger partial charge in [-0.3, -0.25) is 14.7 Å². The Labute approximate surface area is 164 Å². The Bertz CT molecular complexity index is 852. The van der Waals surface area contributed by atoms with Crippen molar-refractivity contribution in [3.63, 3.8) is 0 Å². The summed E-state index contributed by atoms with van der Waals surface area (Å²) in [6.45, 7) is 1.54. The maximum Gasteiger partial charge on any atom is 0.276 e. The Kier molecular flexibility index (Phi) is 5.43. The summed E-state index contributed by atoms with van der Waals surface area (Å²) < 4.78 is 0. The number of rotatable bonds is 4. The summed E-state index contributed by atoms with van der Waals surface area (Å²) in [6.07, 6.45) is 6.67. The Morgan fingerprint density at radius 1 is 1.14 bits per heavy atom. The third kappa shape index (κ3) is 3.80. The number of aromatic amines is 1. The van der Waals surface area contributed by atoms with E-state index >= 15 is 0 Å². The molecule has 1 aliphatic carbocycles.